The molecule has 2 aromatic heterocycles. The minimum Gasteiger partial charge on any atom is -0.275 e. The van der Waals surface area contributed by atoms with E-state index in [-0.39, 0.29) is 0 Å². The Morgan fingerprint density at radius 1 is 1.43 bits per heavy atom. The fraction of sp³-hybridized carbons (Fsp3) is 0.375. The summed E-state index contributed by atoms with van der Waals surface area (Å²) in [4.78, 5) is 0. The van der Waals surface area contributed by atoms with Gasteiger partial charge in [-0.2, -0.15) is 5.10 Å². The Morgan fingerprint density at radius 2 is 2.29 bits per heavy atom. The predicted octanol–water partition coefficient (Wildman–Crippen LogP) is 0.955. The molecule has 0 aromatic carbocycles. The first kappa shape index (κ1) is 9.39. The van der Waals surface area contributed by atoms with Crippen molar-refractivity contribution in [3.8, 4) is 0 Å². The Hall–Kier alpha value is -1.17. The number of nitrogens with zero attached hydrogens (tertiary/aromatic N) is 5. The van der Waals surface area contributed by atoms with Gasteiger partial charge >= 0.3 is 0 Å². The van der Waals surface area contributed by atoms with Crippen LogP contribution in [0.25, 0.3) is 0 Å². The van der Waals surface area contributed by atoms with Crippen LogP contribution in [0.3, 0.4) is 0 Å². The zero-order valence-corrected chi connectivity index (χ0v) is 9.35. The molecule has 6 heteroatoms. The van der Waals surface area contributed by atoms with Gasteiger partial charge in [-0.05, 0) is 6.07 Å². The molecule has 2 heterocycles. The van der Waals surface area contributed by atoms with Crippen LogP contribution in [-0.4, -0.2) is 24.8 Å². The molecule has 2 aromatic rings. The maximum Gasteiger partial charge on any atom is 0.0932 e. The van der Waals surface area contributed by atoms with Crippen molar-refractivity contribution >= 4 is 15.9 Å². The van der Waals surface area contributed by atoms with Gasteiger partial charge in [0.1, 0.15) is 0 Å². The van der Waals surface area contributed by atoms with Crippen LogP contribution in [0.1, 0.15) is 11.4 Å². The van der Waals surface area contributed by atoms with Crippen LogP contribution in [0.2, 0.25) is 0 Å². The maximum absolute atomic E-state index is 4.26. The van der Waals surface area contributed by atoms with E-state index in [9.17, 15) is 0 Å². The standard InChI is InChI=1S/C8H10BrN5/c1-13-3-2-7(11-13)5-14-6-8(4-9)10-12-14/h2-3,6H,4-5H2,1H3. The summed E-state index contributed by atoms with van der Waals surface area (Å²) in [5.74, 6) is 0. The molecule has 0 N–H and O–H groups in total. The Labute approximate surface area is 89.9 Å². The third-order valence-corrected chi connectivity index (χ3v) is 2.39. The fourth-order valence-electron chi connectivity index (χ4n) is 1.19. The van der Waals surface area contributed by atoms with Crippen molar-refractivity contribution < 1.29 is 0 Å². The number of alkyl halides is 1. The first-order valence-corrected chi connectivity index (χ1v) is 5.33. The third kappa shape index (κ3) is 2.01. The molecule has 0 saturated carbocycles. The third-order valence-electron chi connectivity index (χ3n) is 1.82. The quantitative estimate of drug-likeness (QED) is 0.768. The van der Waals surface area contributed by atoms with E-state index < -0.39 is 0 Å². The van der Waals surface area contributed by atoms with Gasteiger partial charge in [0.05, 0.1) is 17.9 Å². The minimum atomic E-state index is 0.668. The van der Waals surface area contributed by atoms with E-state index >= 15 is 0 Å². The normalized spacial score (nSPS) is 10.7. The lowest BCUT2D eigenvalue weighted by Gasteiger charge is -1.94. The molecule has 5 nitrogen and oxygen atoms in total. The summed E-state index contributed by atoms with van der Waals surface area (Å²) in [5, 5.41) is 12.9. The molecule has 0 spiro atoms. The van der Waals surface area contributed by atoms with Gasteiger partial charge in [-0.3, -0.25) is 4.68 Å². The van der Waals surface area contributed by atoms with Gasteiger partial charge in [0.15, 0.2) is 0 Å². The van der Waals surface area contributed by atoms with Crippen molar-refractivity contribution in [1.29, 1.82) is 0 Å². The summed E-state index contributed by atoms with van der Waals surface area (Å²) < 4.78 is 3.55. The molecule has 0 radical (unpaired) electrons. The van der Waals surface area contributed by atoms with Crippen molar-refractivity contribution in [1.82, 2.24) is 24.8 Å². The van der Waals surface area contributed by atoms with Crippen LogP contribution in [0.4, 0.5) is 0 Å². The number of hydrogen-bond donors (Lipinski definition) is 0. The lowest BCUT2D eigenvalue weighted by atomic mass is 10.4. The molecular weight excluding hydrogens is 246 g/mol. The highest BCUT2D eigenvalue weighted by Crippen LogP contribution is 2.02. The van der Waals surface area contributed by atoms with Crippen LogP contribution in [-0.2, 0) is 18.9 Å². The van der Waals surface area contributed by atoms with E-state index in [2.05, 4.69) is 31.3 Å². The number of rotatable bonds is 3. The lowest BCUT2D eigenvalue weighted by Crippen LogP contribution is -2.01. The highest BCUT2D eigenvalue weighted by molar-refractivity contribution is 9.08. The van der Waals surface area contributed by atoms with Crippen LogP contribution in [0, 0.1) is 0 Å². The molecular formula is C8H10BrN5. The van der Waals surface area contributed by atoms with Crippen molar-refractivity contribution in [3.05, 3.63) is 29.8 Å². The molecule has 0 atom stereocenters. The fourth-order valence-corrected chi connectivity index (χ4v) is 1.45. The SMILES string of the molecule is Cn1ccc(Cn2cc(CBr)nn2)n1. The smallest absolute Gasteiger partial charge is 0.0932 e. The van der Waals surface area contributed by atoms with Crippen molar-refractivity contribution in [3.63, 3.8) is 0 Å². The number of aromatic nitrogens is 5. The van der Waals surface area contributed by atoms with Crippen molar-refractivity contribution in [2.45, 2.75) is 11.9 Å². The Kier molecular flexibility index (Phi) is 2.62. The molecule has 0 saturated heterocycles. The van der Waals surface area contributed by atoms with E-state index in [1.54, 1.807) is 9.36 Å². The second kappa shape index (κ2) is 3.91. The van der Waals surface area contributed by atoms with Gasteiger partial charge in [-0.1, -0.05) is 21.1 Å². The summed E-state index contributed by atoms with van der Waals surface area (Å²) in [7, 11) is 1.90. The second-order valence-corrected chi connectivity index (χ2v) is 3.58. The monoisotopic (exact) mass is 255 g/mol. The summed E-state index contributed by atoms with van der Waals surface area (Å²) in [6.45, 7) is 0.668. The van der Waals surface area contributed by atoms with Gasteiger partial charge in [-0.15, -0.1) is 5.10 Å². The van der Waals surface area contributed by atoms with Crippen LogP contribution < -0.4 is 0 Å². The first-order chi connectivity index (χ1) is 6.78. The Balaban J connectivity index is 2.10. The lowest BCUT2D eigenvalue weighted by molar-refractivity contribution is 0.624. The molecule has 2 rings (SSSR count). The summed E-state index contributed by atoms with van der Waals surface area (Å²) in [5.41, 5.74) is 1.92. The number of halogens is 1. The van der Waals surface area contributed by atoms with E-state index in [1.165, 1.54) is 0 Å². The van der Waals surface area contributed by atoms with Crippen molar-refractivity contribution in [2.24, 2.45) is 7.05 Å². The van der Waals surface area contributed by atoms with E-state index in [0.717, 1.165) is 16.7 Å². The summed E-state index contributed by atoms with van der Waals surface area (Å²) in [6.07, 6.45) is 3.82. The molecule has 0 bridgehead atoms. The highest BCUT2D eigenvalue weighted by Gasteiger charge is 2.01. The molecule has 0 fully saturated rings. The molecule has 0 amide bonds. The topological polar surface area (TPSA) is 48.5 Å². The van der Waals surface area contributed by atoms with Gasteiger partial charge in [0, 0.05) is 24.8 Å². The highest BCUT2D eigenvalue weighted by atomic mass is 79.9. The largest absolute Gasteiger partial charge is 0.275 e. The number of hydrogen-bond acceptors (Lipinski definition) is 3. The van der Waals surface area contributed by atoms with Gasteiger partial charge in [0.25, 0.3) is 0 Å². The molecule has 0 aliphatic heterocycles. The number of aryl methyl sites for hydroxylation is 1. The average molecular weight is 256 g/mol. The summed E-state index contributed by atoms with van der Waals surface area (Å²) in [6, 6.07) is 1.97. The van der Waals surface area contributed by atoms with Crippen LogP contribution in [0.5, 0.6) is 0 Å². The molecule has 0 aliphatic carbocycles. The summed E-state index contributed by atoms with van der Waals surface area (Å²) >= 11 is 3.32. The molecule has 74 valence electrons. The zero-order valence-electron chi connectivity index (χ0n) is 7.76. The van der Waals surface area contributed by atoms with Gasteiger partial charge < -0.3 is 0 Å². The van der Waals surface area contributed by atoms with Crippen LogP contribution in [0.15, 0.2) is 18.5 Å². The average Bonchev–Trinajstić information content (AvgIpc) is 2.76. The van der Waals surface area contributed by atoms with E-state index in [4.69, 9.17) is 0 Å². The van der Waals surface area contributed by atoms with Gasteiger partial charge in [-0.25, -0.2) is 4.68 Å². The van der Waals surface area contributed by atoms with E-state index in [0.29, 0.717) is 6.54 Å². The van der Waals surface area contributed by atoms with Crippen molar-refractivity contribution in [2.75, 3.05) is 0 Å². The minimum absolute atomic E-state index is 0.668. The Morgan fingerprint density at radius 3 is 2.86 bits per heavy atom. The predicted molar refractivity (Wildman–Crippen MR) is 55.0 cm³/mol. The second-order valence-electron chi connectivity index (χ2n) is 3.02. The molecule has 0 aliphatic rings. The first-order valence-electron chi connectivity index (χ1n) is 4.21. The molecule has 0 unspecified atom stereocenters. The van der Waals surface area contributed by atoms with Crippen LogP contribution >= 0.6 is 15.9 Å². The van der Waals surface area contributed by atoms with E-state index in [1.807, 2.05) is 25.5 Å². The zero-order chi connectivity index (χ0) is 9.97. The maximum atomic E-state index is 4.26. The Bertz CT molecular complexity index is 419. The van der Waals surface area contributed by atoms with Gasteiger partial charge in [0.2, 0.25) is 0 Å². The molecule has 14 heavy (non-hydrogen) atoms.